The van der Waals surface area contributed by atoms with Crippen LogP contribution in [0.4, 0.5) is 0 Å². The highest BCUT2D eigenvalue weighted by Crippen LogP contribution is 2.11. The van der Waals surface area contributed by atoms with E-state index in [1.165, 1.54) is 11.1 Å². The second kappa shape index (κ2) is 3.05. The Balaban J connectivity index is 2.53. The molecular formula is C11H12N2. The van der Waals surface area contributed by atoms with Gasteiger partial charge in [0, 0.05) is 18.6 Å². The molecule has 2 nitrogen and oxygen atoms in total. The maximum Gasteiger partial charge on any atom is 0.139 e. The number of pyridine rings is 1. The molecule has 2 rings (SSSR count). The molecule has 0 atom stereocenters. The largest absolute Gasteiger partial charge is 0.308 e. The van der Waals surface area contributed by atoms with Gasteiger partial charge in [-0.2, -0.15) is 0 Å². The van der Waals surface area contributed by atoms with Crippen LogP contribution in [0.5, 0.6) is 0 Å². The Hall–Kier alpha value is -1.57. The topological polar surface area (TPSA) is 17.8 Å². The number of aromatic nitrogens is 2. The van der Waals surface area contributed by atoms with Gasteiger partial charge in [-0.1, -0.05) is 6.07 Å². The summed E-state index contributed by atoms with van der Waals surface area (Å²) in [4.78, 5) is 4.38. The van der Waals surface area contributed by atoms with Gasteiger partial charge in [0.25, 0.3) is 0 Å². The van der Waals surface area contributed by atoms with Gasteiger partial charge < -0.3 is 4.57 Å². The summed E-state index contributed by atoms with van der Waals surface area (Å²) in [6.07, 6.45) is 5.90. The molecule has 0 fully saturated rings. The first kappa shape index (κ1) is 8.05. The number of hydrogen-bond donors (Lipinski definition) is 0. The maximum atomic E-state index is 4.38. The molecule has 66 valence electrons. The van der Waals surface area contributed by atoms with Crippen LogP contribution in [0.2, 0.25) is 0 Å². The van der Waals surface area contributed by atoms with Gasteiger partial charge in [-0.3, -0.25) is 0 Å². The van der Waals surface area contributed by atoms with Crippen molar-refractivity contribution >= 4 is 0 Å². The number of rotatable bonds is 1. The summed E-state index contributed by atoms with van der Waals surface area (Å²) in [7, 11) is 0. The quantitative estimate of drug-likeness (QED) is 0.646. The van der Waals surface area contributed by atoms with E-state index in [0.717, 1.165) is 5.82 Å². The molecular weight excluding hydrogens is 160 g/mol. The monoisotopic (exact) mass is 172 g/mol. The van der Waals surface area contributed by atoms with Crippen LogP contribution >= 0.6 is 0 Å². The van der Waals surface area contributed by atoms with Gasteiger partial charge in [0.1, 0.15) is 5.82 Å². The highest BCUT2D eigenvalue weighted by Gasteiger charge is 2.00. The second-order valence-corrected chi connectivity index (χ2v) is 3.24. The van der Waals surface area contributed by atoms with Crippen LogP contribution in [0, 0.1) is 13.8 Å². The van der Waals surface area contributed by atoms with Crippen molar-refractivity contribution in [2.75, 3.05) is 0 Å². The number of nitrogens with zero attached hydrogens (tertiary/aromatic N) is 2. The number of hydrogen-bond acceptors (Lipinski definition) is 1. The lowest BCUT2D eigenvalue weighted by Gasteiger charge is -2.05. The summed E-state index contributed by atoms with van der Waals surface area (Å²) < 4.78 is 2.02. The van der Waals surface area contributed by atoms with E-state index >= 15 is 0 Å². The summed E-state index contributed by atoms with van der Waals surface area (Å²) in [6, 6.07) is 6.14. The van der Waals surface area contributed by atoms with E-state index in [9.17, 15) is 0 Å². The van der Waals surface area contributed by atoms with Crippen molar-refractivity contribution in [3.05, 3.63) is 47.9 Å². The van der Waals surface area contributed by atoms with E-state index in [0.29, 0.717) is 0 Å². The zero-order chi connectivity index (χ0) is 9.26. The number of aryl methyl sites for hydroxylation is 2. The van der Waals surface area contributed by atoms with E-state index in [4.69, 9.17) is 0 Å². The molecule has 0 aromatic carbocycles. The van der Waals surface area contributed by atoms with E-state index in [1.807, 2.05) is 35.3 Å². The Bertz CT molecular complexity index is 402. The molecule has 13 heavy (non-hydrogen) atoms. The van der Waals surface area contributed by atoms with Crippen molar-refractivity contribution in [3.8, 4) is 5.82 Å². The first-order valence-corrected chi connectivity index (χ1v) is 4.34. The molecule has 0 saturated heterocycles. The van der Waals surface area contributed by atoms with Gasteiger partial charge in [0.15, 0.2) is 0 Å². The van der Waals surface area contributed by atoms with Gasteiger partial charge in [-0.05, 0) is 37.1 Å². The molecule has 2 heterocycles. The van der Waals surface area contributed by atoms with E-state index < -0.39 is 0 Å². The summed E-state index contributed by atoms with van der Waals surface area (Å²) in [5, 5.41) is 0. The Labute approximate surface area is 77.9 Å². The fraction of sp³-hybridized carbons (Fsp3) is 0.182. The standard InChI is InChI=1S/C11H12N2/c1-9-7-10(2)11(12-8-9)13-5-3-4-6-13/h3-8H,1-2H3. The zero-order valence-electron chi connectivity index (χ0n) is 7.86. The van der Waals surface area contributed by atoms with Gasteiger partial charge in [0.05, 0.1) is 0 Å². The minimum Gasteiger partial charge on any atom is -0.308 e. The molecule has 0 aliphatic carbocycles. The van der Waals surface area contributed by atoms with E-state index in [-0.39, 0.29) is 0 Å². The third-order valence-electron chi connectivity index (χ3n) is 2.04. The van der Waals surface area contributed by atoms with Crippen LogP contribution in [0.3, 0.4) is 0 Å². The van der Waals surface area contributed by atoms with Crippen LogP contribution in [-0.2, 0) is 0 Å². The molecule has 0 bridgehead atoms. The summed E-state index contributed by atoms with van der Waals surface area (Å²) >= 11 is 0. The first-order chi connectivity index (χ1) is 6.27. The lowest BCUT2D eigenvalue weighted by Crippen LogP contribution is -1.97. The maximum absolute atomic E-state index is 4.38. The molecule has 0 aliphatic heterocycles. The third-order valence-corrected chi connectivity index (χ3v) is 2.04. The zero-order valence-corrected chi connectivity index (χ0v) is 7.86. The van der Waals surface area contributed by atoms with Crippen molar-refractivity contribution in [1.29, 1.82) is 0 Å². The fourth-order valence-electron chi connectivity index (χ4n) is 1.45. The molecule has 0 N–H and O–H groups in total. The molecule has 2 aromatic heterocycles. The molecule has 0 amide bonds. The molecule has 0 unspecified atom stereocenters. The van der Waals surface area contributed by atoms with E-state index in [1.54, 1.807) is 0 Å². The SMILES string of the molecule is Cc1cnc(-n2cccc2)c(C)c1. The van der Waals surface area contributed by atoms with Gasteiger partial charge in [-0.25, -0.2) is 4.98 Å². The highest BCUT2D eigenvalue weighted by atomic mass is 15.0. The van der Waals surface area contributed by atoms with Crippen molar-refractivity contribution in [3.63, 3.8) is 0 Å². The Kier molecular flexibility index (Phi) is 1.89. The van der Waals surface area contributed by atoms with Gasteiger partial charge in [-0.15, -0.1) is 0 Å². The lowest BCUT2D eigenvalue weighted by molar-refractivity contribution is 0.982. The minimum atomic E-state index is 1.01. The van der Waals surface area contributed by atoms with E-state index in [2.05, 4.69) is 24.9 Å². The molecule has 0 radical (unpaired) electrons. The lowest BCUT2D eigenvalue weighted by atomic mass is 10.2. The molecule has 0 aliphatic rings. The average molecular weight is 172 g/mol. The Morgan fingerprint density at radius 2 is 1.85 bits per heavy atom. The fourth-order valence-corrected chi connectivity index (χ4v) is 1.45. The predicted octanol–water partition coefficient (Wildman–Crippen LogP) is 2.49. The molecule has 2 aromatic rings. The summed E-state index contributed by atoms with van der Waals surface area (Å²) in [6.45, 7) is 4.13. The van der Waals surface area contributed by atoms with Crippen LogP contribution < -0.4 is 0 Å². The van der Waals surface area contributed by atoms with Crippen LogP contribution in [0.25, 0.3) is 5.82 Å². The predicted molar refractivity (Wildman–Crippen MR) is 53.0 cm³/mol. The molecule has 0 saturated carbocycles. The third kappa shape index (κ3) is 1.47. The molecule has 0 spiro atoms. The van der Waals surface area contributed by atoms with Crippen LogP contribution in [-0.4, -0.2) is 9.55 Å². The molecule has 2 heteroatoms. The minimum absolute atomic E-state index is 1.01. The normalized spacial score (nSPS) is 10.3. The van der Waals surface area contributed by atoms with Crippen LogP contribution in [0.1, 0.15) is 11.1 Å². The van der Waals surface area contributed by atoms with Crippen molar-refractivity contribution in [2.45, 2.75) is 13.8 Å². The van der Waals surface area contributed by atoms with Crippen molar-refractivity contribution in [1.82, 2.24) is 9.55 Å². The second-order valence-electron chi connectivity index (χ2n) is 3.24. The highest BCUT2D eigenvalue weighted by molar-refractivity contribution is 5.35. The smallest absolute Gasteiger partial charge is 0.139 e. The van der Waals surface area contributed by atoms with Crippen LogP contribution in [0.15, 0.2) is 36.8 Å². The van der Waals surface area contributed by atoms with Gasteiger partial charge in [0.2, 0.25) is 0 Å². The summed E-state index contributed by atoms with van der Waals surface area (Å²) in [5.74, 6) is 1.01. The average Bonchev–Trinajstić information content (AvgIpc) is 2.56. The first-order valence-electron chi connectivity index (χ1n) is 4.34. The van der Waals surface area contributed by atoms with Crippen molar-refractivity contribution < 1.29 is 0 Å². The van der Waals surface area contributed by atoms with Gasteiger partial charge >= 0.3 is 0 Å². The Morgan fingerprint density at radius 3 is 2.46 bits per heavy atom. The van der Waals surface area contributed by atoms with Crippen molar-refractivity contribution in [2.24, 2.45) is 0 Å². The summed E-state index contributed by atoms with van der Waals surface area (Å²) in [5.41, 5.74) is 2.41. The Morgan fingerprint density at radius 1 is 1.15 bits per heavy atom.